The summed E-state index contributed by atoms with van der Waals surface area (Å²) in [7, 11) is 0. The predicted molar refractivity (Wildman–Crippen MR) is 73.2 cm³/mol. The largest absolute Gasteiger partial charge is 0.323 e. The Morgan fingerprint density at radius 3 is 2.89 bits per heavy atom. The standard InChI is InChI=1S/C16H17FN2/c17-14-9-2-1-7-12(14)15(18)13-8-3-5-11-6-4-10-19-16(11)13/h1-2,4,6-7,9-10,13,15H,3,5,8,18H2. The lowest BCUT2D eigenvalue weighted by Gasteiger charge is -2.29. The lowest BCUT2D eigenvalue weighted by atomic mass is 9.80. The van der Waals surface area contributed by atoms with Gasteiger partial charge in [-0.05, 0) is 37.0 Å². The molecular weight excluding hydrogens is 239 g/mol. The van der Waals surface area contributed by atoms with E-state index in [1.165, 1.54) is 11.6 Å². The summed E-state index contributed by atoms with van der Waals surface area (Å²) in [6, 6.07) is 10.5. The zero-order chi connectivity index (χ0) is 13.2. The second-order valence-corrected chi connectivity index (χ2v) is 5.09. The van der Waals surface area contributed by atoms with E-state index in [9.17, 15) is 4.39 Å². The van der Waals surface area contributed by atoms with Crippen LogP contribution in [0.15, 0.2) is 42.6 Å². The zero-order valence-electron chi connectivity index (χ0n) is 10.7. The summed E-state index contributed by atoms with van der Waals surface area (Å²) in [5.74, 6) is -0.111. The predicted octanol–water partition coefficient (Wildman–Crippen LogP) is 3.34. The molecule has 0 radical (unpaired) electrons. The molecule has 2 N–H and O–H groups in total. The topological polar surface area (TPSA) is 38.9 Å². The van der Waals surface area contributed by atoms with Gasteiger partial charge < -0.3 is 5.73 Å². The van der Waals surface area contributed by atoms with E-state index in [0.29, 0.717) is 5.56 Å². The average Bonchev–Trinajstić information content (AvgIpc) is 2.46. The van der Waals surface area contributed by atoms with E-state index in [4.69, 9.17) is 5.73 Å². The quantitative estimate of drug-likeness (QED) is 0.895. The minimum absolute atomic E-state index is 0.113. The van der Waals surface area contributed by atoms with Crippen molar-refractivity contribution < 1.29 is 4.39 Å². The van der Waals surface area contributed by atoms with E-state index in [-0.39, 0.29) is 17.8 Å². The van der Waals surface area contributed by atoms with E-state index in [0.717, 1.165) is 25.0 Å². The summed E-state index contributed by atoms with van der Waals surface area (Å²) in [6.45, 7) is 0. The van der Waals surface area contributed by atoms with Gasteiger partial charge in [0.2, 0.25) is 0 Å². The van der Waals surface area contributed by atoms with Crippen molar-refractivity contribution in [1.29, 1.82) is 0 Å². The van der Waals surface area contributed by atoms with E-state index in [1.54, 1.807) is 18.3 Å². The van der Waals surface area contributed by atoms with Crippen LogP contribution in [0.4, 0.5) is 4.39 Å². The molecule has 0 spiro atoms. The summed E-state index contributed by atoms with van der Waals surface area (Å²) in [6.07, 6.45) is 4.90. The number of rotatable bonds is 2. The van der Waals surface area contributed by atoms with Gasteiger partial charge in [-0.1, -0.05) is 24.3 Å². The summed E-state index contributed by atoms with van der Waals surface area (Å²) in [5, 5.41) is 0. The van der Waals surface area contributed by atoms with Crippen molar-refractivity contribution in [3.05, 3.63) is 65.2 Å². The fourth-order valence-corrected chi connectivity index (χ4v) is 2.96. The minimum atomic E-state index is -0.324. The number of nitrogens with zero attached hydrogens (tertiary/aromatic N) is 1. The lowest BCUT2D eigenvalue weighted by molar-refractivity contribution is 0.448. The Kier molecular flexibility index (Phi) is 3.30. The Balaban J connectivity index is 1.98. The monoisotopic (exact) mass is 256 g/mol. The molecule has 2 unspecified atom stereocenters. The molecule has 2 aromatic rings. The first-order valence-electron chi connectivity index (χ1n) is 6.71. The van der Waals surface area contributed by atoms with Crippen molar-refractivity contribution in [2.75, 3.05) is 0 Å². The highest BCUT2D eigenvalue weighted by molar-refractivity contribution is 5.31. The number of aromatic nitrogens is 1. The van der Waals surface area contributed by atoms with Crippen LogP contribution in [-0.2, 0) is 6.42 Å². The van der Waals surface area contributed by atoms with Crippen LogP contribution in [-0.4, -0.2) is 4.98 Å². The second kappa shape index (κ2) is 5.10. The summed E-state index contributed by atoms with van der Waals surface area (Å²) < 4.78 is 13.9. The lowest BCUT2D eigenvalue weighted by Crippen LogP contribution is -2.25. The number of hydrogen-bond acceptors (Lipinski definition) is 2. The van der Waals surface area contributed by atoms with E-state index in [2.05, 4.69) is 11.1 Å². The van der Waals surface area contributed by atoms with Gasteiger partial charge in [-0.2, -0.15) is 0 Å². The number of fused-ring (bicyclic) bond motifs is 1. The minimum Gasteiger partial charge on any atom is -0.323 e. The van der Waals surface area contributed by atoms with Crippen LogP contribution in [0.3, 0.4) is 0 Å². The molecule has 0 saturated heterocycles. The Bertz CT molecular complexity index is 582. The fourth-order valence-electron chi connectivity index (χ4n) is 2.96. The van der Waals surface area contributed by atoms with Crippen molar-refractivity contribution in [3.63, 3.8) is 0 Å². The summed E-state index contributed by atoms with van der Waals surface area (Å²) in [5.41, 5.74) is 9.20. The second-order valence-electron chi connectivity index (χ2n) is 5.09. The highest BCUT2D eigenvalue weighted by Gasteiger charge is 2.28. The number of pyridine rings is 1. The van der Waals surface area contributed by atoms with E-state index in [1.807, 2.05) is 12.1 Å². The van der Waals surface area contributed by atoms with Gasteiger partial charge in [0.1, 0.15) is 5.82 Å². The third-order valence-corrected chi connectivity index (χ3v) is 3.94. The van der Waals surface area contributed by atoms with Crippen LogP contribution >= 0.6 is 0 Å². The van der Waals surface area contributed by atoms with Crippen LogP contribution < -0.4 is 5.73 Å². The molecule has 2 atom stereocenters. The molecule has 1 aromatic carbocycles. The molecule has 1 aliphatic carbocycles. The molecule has 0 amide bonds. The Labute approximate surface area is 112 Å². The molecule has 1 heterocycles. The van der Waals surface area contributed by atoms with Crippen molar-refractivity contribution in [3.8, 4) is 0 Å². The number of nitrogens with two attached hydrogens (primary N) is 1. The van der Waals surface area contributed by atoms with Gasteiger partial charge in [0.15, 0.2) is 0 Å². The summed E-state index contributed by atoms with van der Waals surface area (Å²) >= 11 is 0. The summed E-state index contributed by atoms with van der Waals surface area (Å²) in [4.78, 5) is 4.47. The molecule has 3 heteroatoms. The van der Waals surface area contributed by atoms with Crippen molar-refractivity contribution in [2.24, 2.45) is 5.73 Å². The maximum Gasteiger partial charge on any atom is 0.127 e. The third kappa shape index (κ3) is 2.26. The van der Waals surface area contributed by atoms with Gasteiger partial charge in [0.25, 0.3) is 0 Å². The molecule has 98 valence electrons. The van der Waals surface area contributed by atoms with Crippen LogP contribution in [0.2, 0.25) is 0 Å². The van der Waals surface area contributed by atoms with Crippen LogP contribution in [0, 0.1) is 5.82 Å². The highest BCUT2D eigenvalue weighted by atomic mass is 19.1. The molecule has 3 rings (SSSR count). The smallest absolute Gasteiger partial charge is 0.127 e. The fraction of sp³-hybridized carbons (Fsp3) is 0.312. The van der Waals surface area contributed by atoms with Crippen LogP contribution in [0.5, 0.6) is 0 Å². The Hall–Kier alpha value is -1.74. The average molecular weight is 256 g/mol. The normalized spacial score (nSPS) is 19.8. The van der Waals surface area contributed by atoms with Gasteiger partial charge in [-0.3, -0.25) is 4.98 Å². The SMILES string of the molecule is NC(c1ccccc1F)C1CCCc2cccnc21. The molecule has 0 bridgehead atoms. The molecule has 2 nitrogen and oxygen atoms in total. The Morgan fingerprint density at radius 2 is 2.05 bits per heavy atom. The van der Waals surface area contributed by atoms with Gasteiger partial charge in [-0.15, -0.1) is 0 Å². The van der Waals surface area contributed by atoms with E-state index < -0.39 is 0 Å². The number of halogens is 1. The van der Waals surface area contributed by atoms with Gasteiger partial charge in [-0.25, -0.2) is 4.39 Å². The highest BCUT2D eigenvalue weighted by Crippen LogP contribution is 2.38. The first kappa shape index (κ1) is 12.3. The molecule has 0 aliphatic heterocycles. The number of benzene rings is 1. The maximum absolute atomic E-state index is 13.9. The molecule has 1 aliphatic rings. The number of aryl methyl sites for hydroxylation is 1. The maximum atomic E-state index is 13.9. The van der Waals surface area contributed by atoms with Crippen LogP contribution in [0.1, 0.15) is 41.6 Å². The first-order chi connectivity index (χ1) is 9.27. The zero-order valence-corrected chi connectivity index (χ0v) is 10.7. The third-order valence-electron chi connectivity index (χ3n) is 3.94. The van der Waals surface area contributed by atoms with Crippen molar-refractivity contribution >= 4 is 0 Å². The van der Waals surface area contributed by atoms with Crippen LogP contribution in [0.25, 0.3) is 0 Å². The first-order valence-corrected chi connectivity index (χ1v) is 6.71. The van der Waals surface area contributed by atoms with Crippen molar-refractivity contribution in [1.82, 2.24) is 4.98 Å². The molecular formula is C16H17FN2. The van der Waals surface area contributed by atoms with Gasteiger partial charge >= 0.3 is 0 Å². The molecule has 0 saturated carbocycles. The Morgan fingerprint density at radius 1 is 1.21 bits per heavy atom. The molecule has 19 heavy (non-hydrogen) atoms. The van der Waals surface area contributed by atoms with Gasteiger partial charge in [0.05, 0.1) is 0 Å². The van der Waals surface area contributed by atoms with E-state index >= 15 is 0 Å². The number of hydrogen-bond donors (Lipinski definition) is 1. The molecule has 1 aromatic heterocycles. The molecule has 0 fully saturated rings. The van der Waals surface area contributed by atoms with Crippen molar-refractivity contribution in [2.45, 2.75) is 31.2 Å². The van der Waals surface area contributed by atoms with Gasteiger partial charge in [0, 0.05) is 29.4 Å².